The Morgan fingerprint density at radius 1 is 1.41 bits per heavy atom. The van der Waals surface area contributed by atoms with E-state index in [4.69, 9.17) is 4.74 Å². The number of nitrogens with one attached hydrogen (secondary N) is 2. The maximum Gasteiger partial charge on any atom is 0.317 e. The average molecular weight is 302 g/mol. The first kappa shape index (κ1) is 14.8. The van der Waals surface area contributed by atoms with Crippen LogP contribution >= 0.6 is 0 Å². The number of hydrogen-bond donors (Lipinski definition) is 2. The van der Waals surface area contributed by atoms with E-state index in [9.17, 15) is 4.79 Å². The van der Waals surface area contributed by atoms with Gasteiger partial charge >= 0.3 is 6.03 Å². The highest BCUT2D eigenvalue weighted by atomic mass is 16.5. The minimum Gasteiger partial charge on any atom is -0.381 e. The zero-order valence-electron chi connectivity index (χ0n) is 13.0. The molecule has 118 valence electrons. The van der Waals surface area contributed by atoms with Gasteiger partial charge in [0.05, 0.1) is 17.1 Å². The molecule has 0 radical (unpaired) electrons. The molecule has 0 spiro atoms. The fourth-order valence-electron chi connectivity index (χ4n) is 2.77. The lowest BCUT2D eigenvalue weighted by atomic mass is 10.1. The van der Waals surface area contributed by atoms with Crippen LogP contribution in [0.2, 0.25) is 0 Å². The van der Waals surface area contributed by atoms with Gasteiger partial charge in [-0.3, -0.25) is 0 Å². The van der Waals surface area contributed by atoms with Gasteiger partial charge in [-0.1, -0.05) is 12.1 Å². The van der Waals surface area contributed by atoms with E-state index in [0.29, 0.717) is 0 Å². The highest BCUT2D eigenvalue weighted by molar-refractivity contribution is 5.76. The summed E-state index contributed by atoms with van der Waals surface area (Å²) in [6, 6.07) is 7.87. The van der Waals surface area contributed by atoms with Gasteiger partial charge in [0.1, 0.15) is 5.82 Å². The highest BCUT2D eigenvalue weighted by Crippen LogP contribution is 2.17. The van der Waals surface area contributed by atoms with Crippen LogP contribution in [0.5, 0.6) is 0 Å². The van der Waals surface area contributed by atoms with Gasteiger partial charge < -0.3 is 19.9 Å². The highest BCUT2D eigenvalue weighted by Gasteiger charge is 2.24. The number of rotatable bonds is 3. The summed E-state index contributed by atoms with van der Waals surface area (Å²) < 4.78 is 5.34. The maximum absolute atomic E-state index is 12.4. The van der Waals surface area contributed by atoms with Crippen LogP contribution in [0.25, 0.3) is 11.0 Å². The Morgan fingerprint density at radius 3 is 2.86 bits per heavy atom. The summed E-state index contributed by atoms with van der Waals surface area (Å²) in [6.07, 6.45) is 1.78. The van der Waals surface area contributed by atoms with E-state index in [1.54, 1.807) is 4.90 Å². The molecule has 0 bridgehead atoms. The normalized spacial score (nSPS) is 17.4. The Balaban J connectivity index is 1.64. The molecule has 1 aliphatic heterocycles. The molecule has 6 nitrogen and oxygen atoms in total. The van der Waals surface area contributed by atoms with Crippen molar-refractivity contribution in [1.82, 2.24) is 20.2 Å². The van der Waals surface area contributed by atoms with Crippen molar-refractivity contribution in [3.63, 3.8) is 0 Å². The van der Waals surface area contributed by atoms with Gasteiger partial charge in [-0.25, -0.2) is 9.78 Å². The number of carbonyl (C=O) groups excluding carboxylic acids is 1. The van der Waals surface area contributed by atoms with Crippen LogP contribution in [0, 0.1) is 0 Å². The molecule has 0 unspecified atom stereocenters. The third kappa shape index (κ3) is 3.06. The molecule has 3 rings (SSSR count). The Kier molecular flexibility index (Phi) is 4.29. The third-order valence-corrected chi connectivity index (χ3v) is 4.22. The van der Waals surface area contributed by atoms with Crippen molar-refractivity contribution >= 4 is 17.1 Å². The SMILES string of the molecule is C[C@@H](NC(=O)N(C)C1CCOCC1)c1nc2ccccc2[nH]1. The number of amides is 2. The first-order valence-corrected chi connectivity index (χ1v) is 7.71. The van der Waals surface area contributed by atoms with Crippen molar-refractivity contribution in [3.05, 3.63) is 30.1 Å². The lowest BCUT2D eigenvalue weighted by Gasteiger charge is -2.31. The molecule has 1 atom stereocenters. The van der Waals surface area contributed by atoms with Crippen LogP contribution in [-0.4, -0.2) is 47.2 Å². The molecule has 6 heteroatoms. The second kappa shape index (κ2) is 6.36. The van der Waals surface area contributed by atoms with Crippen molar-refractivity contribution in [2.45, 2.75) is 31.8 Å². The van der Waals surface area contributed by atoms with E-state index >= 15 is 0 Å². The zero-order chi connectivity index (χ0) is 15.5. The number of hydrogen-bond acceptors (Lipinski definition) is 3. The quantitative estimate of drug-likeness (QED) is 0.915. The molecule has 1 aromatic carbocycles. The maximum atomic E-state index is 12.4. The van der Waals surface area contributed by atoms with Gasteiger partial charge in [-0.15, -0.1) is 0 Å². The minimum absolute atomic E-state index is 0.0696. The summed E-state index contributed by atoms with van der Waals surface area (Å²) in [4.78, 5) is 21.9. The van der Waals surface area contributed by atoms with Crippen molar-refractivity contribution < 1.29 is 9.53 Å². The third-order valence-electron chi connectivity index (χ3n) is 4.22. The molecule has 22 heavy (non-hydrogen) atoms. The minimum atomic E-state index is -0.165. The predicted octanol–water partition coefficient (Wildman–Crippen LogP) is 2.44. The zero-order valence-corrected chi connectivity index (χ0v) is 13.0. The molecule has 2 aromatic rings. The summed E-state index contributed by atoms with van der Waals surface area (Å²) in [5.41, 5.74) is 1.90. The molecule has 0 saturated carbocycles. The van der Waals surface area contributed by atoms with Gasteiger partial charge in [0.25, 0.3) is 0 Å². The molecule has 1 fully saturated rings. The molecule has 2 N–H and O–H groups in total. The lowest BCUT2D eigenvalue weighted by Crippen LogP contribution is -2.46. The van der Waals surface area contributed by atoms with E-state index in [0.717, 1.165) is 42.9 Å². The van der Waals surface area contributed by atoms with Crippen molar-refractivity contribution in [2.75, 3.05) is 20.3 Å². The lowest BCUT2D eigenvalue weighted by molar-refractivity contribution is 0.0522. The van der Waals surface area contributed by atoms with Crippen LogP contribution in [0.4, 0.5) is 4.79 Å². The molecule has 1 saturated heterocycles. The number of benzene rings is 1. The van der Waals surface area contributed by atoms with E-state index in [1.807, 2.05) is 38.2 Å². The van der Waals surface area contributed by atoms with Crippen LogP contribution in [0.15, 0.2) is 24.3 Å². The Labute approximate surface area is 129 Å². The molecule has 2 heterocycles. The van der Waals surface area contributed by atoms with E-state index < -0.39 is 0 Å². The van der Waals surface area contributed by atoms with Crippen molar-refractivity contribution in [3.8, 4) is 0 Å². The van der Waals surface area contributed by atoms with Crippen molar-refractivity contribution in [1.29, 1.82) is 0 Å². The van der Waals surface area contributed by atoms with Crippen LogP contribution in [0.3, 0.4) is 0 Å². The first-order valence-electron chi connectivity index (χ1n) is 7.71. The smallest absolute Gasteiger partial charge is 0.317 e. The standard InChI is InChI=1S/C16H22N4O2/c1-11(15-18-13-5-3-4-6-14(13)19-15)17-16(21)20(2)12-7-9-22-10-8-12/h3-6,11-12H,7-10H2,1-2H3,(H,17,21)(H,18,19)/t11-/m1/s1. The van der Waals surface area contributed by atoms with Gasteiger partial charge in [-0.2, -0.15) is 0 Å². The van der Waals surface area contributed by atoms with Crippen LogP contribution in [0.1, 0.15) is 31.6 Å². The first-order chi connectivity index (χ1) is 10.6. The predicted molar refractivity (Wildman–Crippen MR) is 84.6 cm³/mol. The number of fused-ring (bicyclic) bond motifs is 1. The van der Waals surface area contributed by atoms with Crippen LogP contribution in [-0.2, 0) is 4.74 Å². The average Bonchev–Trinajstić information content (AvgIpc) is 2.99. The second-order valence-electron chi connectivity index (χ2n) is 5.76. The molecular weight excluding hydrogens is 280 g/mol. The molecule has 1 aliphatic rings. The molecule has 0 aliphatic carbocycles. The van der Waals surface area contributed by atoms with E-state index in [1.165, 1.54) is 0 Å². The Bertz CT molecular complexity index is 615. The number of aromatic nitrogens is 2. The number of para-hydroxylation sites is 2. The largest absolute Gasteiger partial charge is 0.381 e. The molecule has 2 amide bonds. The van der Waals surface area contributed by atoms with Gasteiger partial charge in [-0.05, 0) is 31.9 Å². The number of aromatic amines is 1. The number of urea groups is 1. The van der Waals surface area contributed by atoms with Crippen molar-refractivity contribution in [2.24, 2.45) is 0 Å². The Hall–Kier alpha value is -2.08. The fourth-order valence-corrected chi connectivity index (χ4v) is 2.77. The second-order valence-corrected chi connectivity index (χ2v) is 5.76. The summed E-state index contributed by atoms with van der Waals surface area (Å²) in [5, 5.41) is 3.01. The fraction of sp³-hybridized carbons (Fsp3) is 0.500. The van der Waals surface area contributed by atoms with E-state index in [-0.39, 0.29) is 18.1 Å². The number of imidazole rings is 1. The van der Waals surface area contributed by atoms with Crippen LogP contribution < -0.4 is 5.32 Å². The number of ether oxygens (including phenoxy) is 1. The number of H-pyrrole nitrogens is 1. The number of nitrogens with zero attached hydrogens (tertiary/aromatic N) is 2. The monoisotopic (exact) mass is 302 g/mol. The summed E-state index contributed by atoms with van der Waals surface area (Å²) in [7, 11) is 1.84. The molecule has 1 aromatic heterocycles. The number of carbonyl (C=O) groups is 1. The van der Waals surface area contributed by atoms with Gasteiger partial charge in [0, 0.05) is 26.3 Å². The van der Waals surface area contributed by atoms with Gasteiger partial charge in [0.2, 0.25) is 0 Å². The summed E-state index contributed by atoms with van der Waals surface area (Å²) >= 11 is 0. The summed E-state index contributed by atoms with van der Waals surface area (Å²) in [6.45, 7) is 3.39. The Morgan fingerprint density at radius 2 is 2.14 bits per heavy atom. The van der Waals surface area contributed by atoms with Gasteiger partial charge in [0.15, 0.2) is 0 Å². The molecular formula is C16H22N4O2. The topological polar surface area (TPSA) is 70.2 Å². The summed E-state index contributed by atoms with van der Waals surface area (Å²) in [5.74, 6) is 0.773. The van der Waals surface area contributed by atoms with E-state index in [2.05, 4.69) is 15.3 Å².